The van der Waals surface area contributed by atoms with E-state index in [9.17, 15) is 4.79 Å². The summed E-state index contributed by atoms with van der Waals surface area (Å²) < 4.78 is 3.60. The molecule has 1 atom stereocenters. The number of halogens is 1. The zero-order valence-corrected chi connectivity index (χ0v) is 16.6. The lowest BCUT2D eigenvalue weighted by molar-refractivity contribution is 0.0608. The second kappa shape index (κ2) is 7.73. The fourth-order valence-corrected chi connectivity index (χ4v) is 3.70. The molecule has 2 aromatic heterocycles. The number of hydrogen-bond acceptors (Lipinski definition) is 5. The van der Waals surface area contributed by atoms with Crippen molar-refractivity contribution in [2.24, 2.45) is 7.05 Å². The Morgan fingerprint density at radius 2 is 2.18 bits per heavy atom. The quantitative estimate of drug-likeness (QED) is 0.725. The molecule has 9 heteroatoms. The van der Waals surface area contributed by atoms with Gasteiger partial charge in [0, 0.05) is 45.5 Å². The highest BCUT2D eigenvalue weighted by molar-refractivity contribution is 6.32. The topological polar surface area (TPSA) is 80.9 Å². The van der Waals surface area contributed by atoms with Crippen LogP contribution >= 0.6 is 11.6 Å². The van der Waals surface area contributed by atoms with Crippen molar-refractivity contribution in [1.82, 2.24) is 34.5 Å². The molecule has 146 valence electrons. The Bertz CT molecular complexity index is 996. The molecule has 0 aliphatic carbocycles. The number of aromatic nitrogens is 5. The monoisotopic (exact) mass is 399 g/mol. The third kappa shape index (κ3) is 3.29. The van der Waals surface area contributed by atoms with E-state index in [1.165, 1.54) is 0 Å². The molecule has 3 heterocycles. The number of nitrogens with zero attached hydrogens (tertiary/aromatic N) is 6. The Kier molecular flexibility index (Phi) is 5.15. The van der Waals surface area contributed by atoms with Crippen LogP contribution in [0.3, 0.4) is 0 Å². The first-order chi connectivity index (χ1) is 13.6. The maximum absolute atomic E-state index is 13.3. The van der Waals surface area contributed by atoms with Crippen LogP contribution in [0.15, 0.2) is 36.7 Å². The summed E-state index contributed by atoms with van der Waals surface area (Å²) in [7, 11) is 1.93. The van der Waals surface area contributed by atoms with Gasteiger partial charge in [-0.05, 0) is 12.1 Å². The fraction of sp³-hybridized carbons (Fsp3) is 0.368. The summed E-state index contributed by atoms with van der Waals surface area (Å²) in [6, 6.07) is 7.24. The molecule has 1 amide bonds. The maximum atomic E-state index is 13.3. The van der Waals surface area contributed by atoms with Gasteiger partial charge in [-0.1, -0.05) is 30.7 Å². The van der Waals surface area contributed by atoms with Crippen molar-refractivity contribution in [3.05, 3.63) is 59.2 Å². The number of imidazole rings is 1. The molecule has 0 saturated carbocycles. The molecular weight excluding hydrogens is 378 g/mol. The molecule has 1 N–H and O–H groups in total. The highest BCUT2D eigenvalue weighted by atomic mass is 35.5. The van der Waals surface area contributed by atoms with Gasteiger partial charge in [0.15, 0.2) is 0 Å². The van der Waals surface area contributed by atoms with Crippen LogP contribution in [0.2, 0.25) is 5.02 Å². The van der Waals surface area contributed by atoms with E-state index in [0.717, 1.165) is 12.4 Å². The number of carbonyl (C=O) groups excluding carboxylic acids is 1. The lowest BCUT2D eigenvalue weighted by Gasteiger charge is -2.35. The van der Waals surface area contributed by atoms with E-state index in [4.69, 9.17) is 11.6 Å². The van der Waals surface area contributed by atoms with E-state index in [2.05, 4.69) is 20.4 Å². The number of piperazine rings is 1. The van der Waals surface area contributed by atoms with Crippen LogP contribution in [0, 0.1) is 0 Å². The van der Waals surface area contributed by atoms with Crippen LogP contribution in [-0.4, -0.2) is 54.8 Å². The summed E-state index contributed by atoms with van der Waals surface area (Å²) in [4.78, 5) is 24.0. The van der Waals surface area contributed by atoms with Crippen LogP contribution in [0.25, 0.3) is 5.69 Å². The average Bonchev–Trinajstić information content (AvgIpc) is 3.34. The van der Waals surface area contributed by atoms with Gasteiger partial charge in [-0.3, -0.25) is 4.79 Å². The largest absolute Gasteiger partial charge is 0.336 e. The lowest BCUT2D eigenvalue weighted by Crippen LogP contribution is -2.49. The zero-order valence-electron chi connectivity index (χ0n) is 15.8. The number of hydrogen-bond donors (Lipinski definition) is 1. The van der Waals surface area contributed by atoms with Gasteiger partial charge in [-0.2, -0.15) is 0 Å². The summed E-state index contributed by atoms with van der Waals surface area (Å²) in [5.41, 5.74) is 0.716. The van der Waals surface area contributed by atoms with Crippen molar-refractivity contribution in [3.63, 3.8) is 0 Å². The van der Waals surface area contributed by atoms with Gasteiger partial charge in [0.2, 0.25) is 5.82 Å². The van der Waals surface area contributed by atoms with E-state index in [1.54, 1.807) is 21.8 Å². The summed E-state index contributed by atoms with van der Waals surface area (Å²) in [5, 5.41) is 8.41. The van der Waals surface area contributed by atoms with Crippen LogP contribution in [-0.2, 0) is 13.5 Å². The van der Waals surface area contributed by atoms with E-state index in [-0.39, 0.29) is 17.8 Å². The zero-order chi connectivity index (χ0) is 19.7. The molecule has 1 unspecified atom stereocenters. The van der Waals surface area contributed by atoms with Crippen molar-refractivity contribution in [3.8, 4) is 5.69 Å². The third-order valence-electron chi connectivity index (χ3n) is 4.92. The van der Waals surface area contributed by atoms with Gasteiger partial charge in [0.25, 0.3) is 5.91 Å². The van der Waals surface area contributed by atoms with Crippen LogP contribution in [0.1, 0.15) is 35.2 Å². The van der Waals surface area contributed by atoms with Gasteiger partial charge < -0.3 is 14.8 Å². The molecular formula is C19H22ClN7O. The standard InChI is InChI=1S/C19H22ClN7O/c1-3-16-23-17(24-27(16)14-7-5-4-6-13(14)20)19(28)26-11-8-21-12-15(26)18-22-9-10-25(18)2/h4-7,9-10,15,21H,3,8,11-12H2,1-2H3. The minimum absolute atomic E-state index is 0.168. The third-order valence-corrected chi connectivity index (χ3v) is 5.24. The maximum Gasteiger partial charge on any atom is 0.294 e. The van der Waals surface area contributed by atoms with E-state index in [1.807, 2.05) is 42.9 Å². The molecule has 0 bridgehead atoms. The first-order valence-electron chi connectivity index (χ1n) is 9.30. The average molecular weight is 400 g/mol. The molecule has 1 aromatic carbocycles. The van der Waals surface area contributed by atoms with Crippen molar-refractivity contribution < 1.29 is 4.79 Å². The summed E-state index contributed by atoms with van der Waals surface area (Å²) >= 11 is 6.33. The Morgan fingerprint density at radius 1 is 1.36 bits per heavy atom. The number of benzene rings is 1. The number of amides is 1. The lowest BCUT2D eigenvalue weighted by atomic mass is 10.1. The van der Waals surface area contributed by atoms with Gasteiger partial charge in [0.1, 0.15) is 17.7 Å². The van der Waals surface area contributed by atoms with E-state index >= 15 is 0 Å². The Hall–Kier alpha value is -2.71. The van der Waals surface area contributed by atoms with Gasteiger partial charge >= 0.3 is 0 Å². The van der Waals surface area contributed by atoms with Gasteiger partial charge in [0.05, 0.1) is 10.7 Å². The molecule has 8 nitrogen and oxygen atoms in total. The molecule has 1 fully saturated rings. The number of para-hydroxylation sites is 1. The SMILES string of the molecule is CCc1nc(C(=O)N2CCNCC2c2nccn2C)nn1-c1ccccc1Cl. The minimum Gasteiger partial charge on any atom is -0.336 e. The molecule has 0 radical (unpaired) electrons. The van der Waals surface area contributed by atoms with Crippen LogP contribution in [0.4, 0.5) is 0 Å². The normalized spacial score (nSPS) is 17.1. The number of carbonyl (C=O) groups is 1. The second-order valence-corrected chi connectivity index (χ2v) is 7.09. The second-order valence-electron chi connectivity index (χ2n) is 6.68. The highest BCUT2D eigenvalue weighted by Gasteiger charge is 2.33. The number of aryl methyl sites for hydroxylation is 2. The van der Waals surface area contributed by atoms with Crippen LogP contribution < -0.4 is 5.32 Å². The molecule has 1 aliphatic heterocycles. The molecule has 3 aromatic rings. The summed E-state index contributed by atoms with van der Waals surface area (Å²) in [6.07, 6.45) is 4.26. The first kappa shape index (κ1) is 18.6. The first-order valence-corrected chi connectivity index (χ1v) is 9.67. The molecule has 4 rings (SSSR count). The fourth-order valence-electron chi connectivity index (χ4n) is 3.48. The van der Waals surface area contributed by atoms with Gasteiger partial charge in [-0.25, -0.2) is 14.6 Å². The summed E-state index contributed by atoms with van der Waals surface area (Å²) in [5.74, 6) is 1.51. The van der Waals surface area contributed by atoms with Gasteiger partial charge in [-0.15, -0.1) is 5.10 Å². The Labute approximate surface area is 168 Å². The van der Waals surface area contributed by atoms with Crippen LogP contribution in [0.5, 0.6) is 0 Å². The highest BCUT2D eigenvalue weighted by Crippen LogP contribution is 2.24. The Balaban J connectivity index is 1.69. The molecule has 1 aliphatic rings. The number of nitrogens with one attached hydrogen (secondary N) is 1. The molecule has 1 saturated heterocycles. The Morgan fingerprint density at radius 3 is 2.89 bits per heavy atom. The smallest absolute Gasteiger partial charge is 0.294 e. The van der Waals surface area contributed by atoms with Crippen molar-refractivity contribution in [2.75, 3.05) is 19.6 Å². The minimum atomic E-state index is -0.199. The predicted octanol–water partition coefficient (Wildman–Crippen LogP) is 2.00. The van der Waals surface area contributed by atoms with E-state index in [0.29, 0.717) is 36.0 Å². The van der Waals surface area contributed by atoms with Crippen molar-refractivity contribution >= 4 is 17.5 Å². The number of rotatable bonds is 4. The molecule has 28 heavy (non-hydrogen) atoms. The molecule has 0 spiro atoms. The summed E-state index contributed by atoms with van der Waals surface area (Å²) in [6.45, 7) is 3.91. The predicted molar refractivity (Wildman–Crippen MR) is 106 cm³/mol. The van der Waals surface area contributed by atoms with Crippen molar-refractivity contribution in [1.29, 1.82) is 0 Å². The van der Waals surface area contributed by atoms with E-state index < -0.39 is 0 Å². The van der Waals surface area contributed by atoms with Crippen molar-refractivity contribution in [2.45, 2.75) is 19.4 Å².